The number of halogens is 1. The Kier molecular flexibility index (Phi) is 11.4. The molecule has 2 aromatic carbocycles. The minimum Gasteiger partial charge on any atom is -0.0945 e. The number of hydrogen-bond acceptors (Lipinski definition) is 0. The average molecular weight is 463 g/mol. The van der Waals surface area contributed by atoms with E-state index in [1.165, 1.54) is 94.6 Å². The van der Waals surface area contributed by atoms with Crippen molar-refractivity contribution in [2.24, 2.45) is 11.8 Å². The maximum atomic E-state index is 6.66. The van der Waals surface area contributed by atoms with Crippen molar-refractivity contribution in [2.75, 3.05) is 0 Å². The summed E-state index contributed by atoms with van der Waals surface area (Å²) in [6.45, 7) is 4.54. The number of aryl methyl sites for hydroxylation is 1. The van der Waals surface area contributed by atoms with E-state index in [0.717, 1.165) is 28.5 Å². The highest BCUT2D eigenvalue weighted by molar-refractivity contribution is 6.33. The molecule has 178 valence electrons. The Morgan fingerprint density at radius 2 is 1.48 bits per heavy atom. The van der Waals surface area contributed by atoms with Crippen LogP contribution in [0.4, 0.5) is 0 Å². The van der Waals surface area contributed by atoms with E-state index in [1.54, 1.807) is 0 Å². The molecule has 0 spiro atoms. The van der Waals surface area contributed by atoms with Crippen LogP contribution in [0.15, 0.2) is 42.5 Å². The molecule has 0 aromatic heterocycles. The molecule has 1 aliphatic carbocycles. The Labute approximate surface area is 208 Å². The molecule has 2 aromatic rings. The van der Waals surface area contributed by atoms with Gasteiger partial charge in [-0.15, -0.1) is 0 Å². The lowest BCUT2D eigenvalue weighted by Gasteiger charge is -2.25. The van der Waals surface area contributed by atoms with Crippen LogP contribution in [0, 0.1) is 23.7 Å². The van der Waals surface area contributed by atoms with Crippen LogP contribution < -0.4 is 0 Å². The van der Waals surface area contributed by atoms with E-state index >= 15 is 0 Å². The summed E-state index contributed by atoms with van der Waals surface area (Å²) in [6.07, 6.45) is 18.7. The van der Waals surface area contributed by atoms with Crippen LogP contribution in [-0.2, 0) is 6.42 Å². The second kappa shape index (κ2) is 14.5. The number of hydrogen-bond donors (Lipinski definition) is 0. The predicted octanol–water partition coefficient (Wildman–Crippen LogP) is 10.3. The third-order valence-corrected chi connectivity index (χ3v) is 7.60. The summed E-state index contributed by atoms with van der Waals surface area (Å²) in [6, 6.07) is 15.2. The zero-order chi connectivity index (χ0) is 23.3. The highest BCUT2D eigenvalue weighted by atomic mass is 35.5. The van der Waals surface area contributed by atoms with Crippen molar-refractivity contribution in [1.82, 2.24) is 0 Å². The van der Waals surface area contributed by atoms with Crippen LogP contribution in [0.1, 0.15) is 108 Å². The normalized spacial score (nSPS) is 18.0. The van der Waals surface area contributed by atoms with Crippen molar-refractivity contribution in [3.8, 4) is 23.0 Å². The molecule has 1 fully saturated rings. The van der Waals surface area contributed by atoms with Crippen molar-refractivity contribution in [3.05, 3.63) is 58.6 Å². The minimum atomic E-state index is 0.556. The SMILES string of the molecule is CCCCCCC[C@H]1CC[C@H](C#Cc2ccc(-c3ccc(CCCCC)cc3)c(Cl)c2)CC1. The van der Waals surface area contributed by atoms with Crippen LogP contribution in [-0.4, -0.2) is 0 Å². The molecule has 0 N–H and O–H groups in total. The highest BCUT2D eigenvalue weighted by Crippen LogP contribution is 2.32. The van der Waals surface area contributed by atoms with E-state index in [4.69, 9.17) is 11.6 Å². The van der Waals surface area contributed by atoms with E-state index in [0.29, 0.717) is 5.92 Å². The summed E-state index contributed by atoms with van der Waals surface area (Å²) in [7, 11) is 0. The molecule has 0 amide bonds. The van der Waals surface area contributed by atoms with Gasteiger partial charge < -0.3 is 0 Å². The number of rotatable bonds is 11. The lowest BCUT2D eigenvalue weighted by atomic mass is 9.80. The number of unbranched alkanes of at least 4 members (excludes halogenated alkanes) is 6. The summed E-state index contributed by atoms with van der Waals surface area (Å²) in [4.78, 5) is 0. The lowest BCUT2D eigenvalue weighted by Crippen LogP contribution is -2.13. The number of benzene rings is 2. The Balaban J connectivity index is 1.48. The van der Waals surface area contributed by atoms with Crippen molar-refractivity contribution in [1.29, 1.82) is 0 Å². The van der Waals surface area contributed by atoms with Gasteiger partial charge in [-0.2, -0.15) is 0 Å². The van der Waals surface area contributed by atoms with Crippen LogP contribution in [0.25, 0.3) is 11.1 Å². The molecular formula is C32H43Cl. The molecule has 1 aliphatic rings. The quantitative estimate of drug-likeness (QED) is 0.230. The first-order valence-corrected chi connectivity index (χ1v) is 14.0. The first-order chi connectivity index (χ1) is 16.2. The van der Waals surface area contributed by atoms with Crippen molar-refractivity contribution >= 4 is 11.6 Å². The van der Waals surface area contributed by atoms with Crippen LogP contribution in [0.3, 0.4) is 0 Å². The molecule has 0 saturated heterocycles. The topological polar surface area (TPSA) is 0 Å². The monoisotopic (exact) mass is 462 g/mol. The van der Waals surface area contributed by atoms with Gasteiger partial charge in [0.25, 0.3) is 0 Å². The fourth-order valence-electron chi connectivity index (χ4n) is 5.07. The maximum absolute atomic E-state index is 6.66. The lowest BCUT2D eigenvalue weighted by molar-refractivity contribution is 0.294. The molecule has 1 heteroatoms. The van der Waals surface area contributed by atoms with E-state index in [1.807, 2.05) is 6.07 Å². The minimum absolute atomic E-state index is 0.556. The molecule has 0 aliphatic heterocycles. The third-order valence-electron chi connectivity index (χ3n) is 7.29. The molecule has 0 bridgehead atoms. The van der Waals surface area contributed by atoms with Gasteiger partial charge in [0.05, 0.1) is 0 Å². The fraction of sp³-hybridized carbons (Fsp3) is 0.562. The van der Waals surface area contributed by atoms with E-state index < -0.39 is 0 Å². The van der Waals surface area contributed by atoms with E-state index in [-0.39, 0.29) is 0 Å². The van der Waals surface area contributed by atoms with Gasteiger partial charge in [0.2, 0.25) is 0 Å². The van der Waals surface area contributed by atoms with Gasteiger partial charge in [0.15, 0.2) is 0 Å². The van der Waals surface area contributed by atoms with Gasteiger partial charge in [-0.3, -0.25) is 0 Å². The summed E-state index contributed by atoms with van der Waals surface area (Å²) < 4.78 is 0. The Bertz CT molecular complexity index is 875. The first-order valence-electron chi connectivity index (χ1n) is 13.6. The third kappa shape index (κ3) is 8.87. The summed E-state index contributed by atoms with van der Waals surface area (Å²) in [5, 5.41) is 0.798. The van der Waals surface area contributed by atoms with Crippen LogP contribution >= 0.6 is 11.6 Å². The molecular weight excluding hydrogens is 420 g/mol. The molecule has 0 heterocycles. The van der Waals surface area contributed by atoms with Crippen LogP contribution in [0.2, 0.25) is 5.02 Å². The summed E-state index contributed by atoms with van der Waals surface area (Å²) >= 11 is 6.66. The fourth-order valence-corrected chi connectivity index (χ4v) is 5.36. The predicted molar refractivity (Wildman–Crippen MR) is 146 cm³/mol. The summed E-state index contributed by atoms with van der Waals surface area (Å²) in [5.74, 6) is 8.47. The molecule has 3 rings (SSSR count). The van der Waals surface area contributed by atoms with E-state index in [2.05, 4.69) is 62.1 Å². The standard InChI is InChI=1S/C32H43Cl/c1-3-5-7-8-10-12-26-13-15-28(16-14-26)17-18-29-21-24-31(32(33)25-29)30-22-19-27(20-23-30)11-9-6-4-2/h19-26,28H,3-16H2,1-2H3/t26-,28-. The van der Waals surface area contributed by atoms with Crippen molar-refractivity contribution in [2.45, 2.75) is 104 Å². The zero-order valence-corrected chi connectivity index (χ0v) is 21.7. The Morgan fingerprint density at radius 3 is 2.18 bits per heavy atom. The second-order valence-electron chi connectivity index (χ2n) is 10.0. The Hall–Kier alpha value is -1.71. The van der Waals surface area contributed by atoms with Gasteiger partial charge in [0, 0.05) is 22.1 Å². The van der Waals surface area contributed by atoms with Gasteiger partial charge in [-0.1, -0.05) is 119 Å². The van der Waals surface area contributed by atoms with Gasteiger partial charge in [0.1, 0.15) is 0 Å². The smallest absolute Gasteiger partial charge is 0.0496 e. The molecule has 0 radical (unpaired) electrons. The van der Waals surface area contributed by atoms with Gasteiger partial charge in [-0.25, -0.2) is 0 Å². The zero-order valence-electron chi connectivity index (χ0n) is 21.0. The summed E-state index contributed by atoms with van der Waals surface area (Å²) in [5.41, 5.74) is 4.74. The Morgan fingerprint density at radius 1 is 0.788 bits per heavy atom. The maximum Gasteiger partial charge on any atom is 0.0496 e. The van der Waals surface area contributed by atoms with Gasteiger partial charge in [-0.05, 0) is 67.7 Å². The largest absolute Gasteiger partial charge is 0.0945 e. The van der Waals surface area contributed by atoms with Crippen molar-refractivity contribution in [3.63, 3.8) is 0 Å². The second-order valence-corrected chi connectivity index (χ2v) is 10.4. The molecule has 33 heavy (non-hydrogen) atoms. The van der Waals surface area contributed by atoms with Gasteiger partial charge >= 0.3 is 0 Å². The highest BCUT2D eigenvalue weighted by Gasteiger charge is 2.19. The average Bonchev–Trinajstić information content (AvgIpc) is 2.84. The van der Waals surface area contributed by atoms with E-state index in [9.17, 15) is 0 Å². The first kappa shape index (κ1) is 25.9. The van der Waals surface area contributed by atoms with Crippen LogP contribution in [0.5, 0.6) is 0 Å². The molecule has 0 unspecified atom stereocenters. The molecule has 0 atom stereocenters. The van der Waals surface area contributed by atoms with Crippen molar-refractivity contribution < 1.29 is 0 Å². The molecule has 1 saturated carbocycles. The molecule has 0 nitrogen and oxygen atoms in total.